The number of nitrogens with zero attached hydrogens (tertiary/aromatic N) is 3. The molecule has 14 heavy (non-hydrogen) atoms. The number of rotatable bonds is 2. The van der Waals surface area contributed by atoms with Crippen molar-refractivity contribution in [3.8, 4) is 0 Å². The lowest BCUT2D eigenvalue weighted by molar-refractivity contribution is 0.753. The summed E-state index contributed by atoms with van der Waals surface area (Å²) >= 11 is 0. The van der Waals surface area contributed by atoms with Crippen molar-refractivity contribution in [3.63, 3.8) is 0 Å². The molecule has 0 N–H and O–H groups in total. The molecule has 2 aromatic rings. The molecule has 74 valence electrons. The highest BCUT2D eigenvalue weighted by Crippen LogP contribution is 2.14. The van der Waals surface area contributed by atoms with Crippen LogP contribution < -0.4 is 0 Å². The first-order chi connectivity index (χ1) is 6.72. The Bertz CT molecular complexity index is 462. The molecule has 4 heteroatoms. The van der Waals surface area contributed by atoms with Gasteiger partial charge < -0.3 is 4.57 Å². The standard InChI is InChI=1S/C10H14N3P/c1-7-5-9-10(11-6-7)13(3-4-14)8(2)12-9/h5-6H,3-4,14H2,1-2H3. The van der Waals surface area contributed by atoms with Gasteiger partial charge in [-0.2, -0.15) is 0 Å². The average molecular weight is 207 g/mol. The largest absolute Gasteiger partial charge is 0.313 e. The molecule has 0 bridgehead atoms. The summed E-state index contributed by atoms with van der Waals surface area (Å²) in [5, 5.41) is 0. The van der Waals surface area contributed by atoms with Gasteiger partial charge in [0.15, 0.2) is 5.65 Å². The maximum Gasteiger partial charge on any atom is 0.160 e. The summed E-state index contributed by atoms with van der Waals surface area (Å²) < 4.78 is 2.15. The Balaban J connectivity index is 2.64. The summed E-state index contributed by atoms with van der Waals surface area (Å²) in [5.74, 6) is 1.04. The van der Waals surface area contributed by atoms with E-state index in [1.54, 1.807) is 0 Å². The molecule has 0 aliphatic rings. The van der Waals surface area contributed by atoms with Crippen LogP contribution in [0.5, 0.6) is 0 Å². The molecule has 1 atom stereocenters. The molecule has 0 aromatic carbocycles. The topological polar surface area (TPSA) is 30.7 Å². The average Bonchev–Trinajstić information content (AvgIpc) is 2.43. The van der Waals surface area contributed by atoms with Crippen molar-refractivity contribution >= 4 is 20.4 Å². The van der Waals surface area contributed by atoms with Crippen molar-refractivity contribution in [3.05, 3.63) is 23.7 Å². The first-order valence-corrected chi connectivity index (χ1v) is 5.53. The highest BCUT2D eigenvalue weighted by Gasteiger charge is 2.07. The normalized spacial score (nSPS) is 11.1. The van der Waals surface area contributed by atoms with Crippen LogP contribution in [0.1, 0.15) is 11.4 Å². The van der Waals surface area contributed by atoms with E-state index < -0.39 is 0 Å². The molecule has 0 amide bonds. The minimum atomic E-state index is 0.961. The van der Waals surface area contributed by atoms with Crippen molar-refractivity contribution in [2.75, 3.05) is 6.16 Å². The molecule has 0 saturated heterocycles. The van der Waals surface area contributed by atoms with Crippen molar-refractivity contribution in [1.82, 2.24) is 14.5 Å². The maximum atomic E-state index is 4.48. The number of aryl methyl sites for hydroxylation is 3. The van der Waals surface area contributed by atoms with Crippen LogP contribution >= 0.6 is 9.24 Å². The van der Waals surface area contributed by atoms with E-state index in [-0.39, 0.29) is 0 Å². The molecular formula is C10H14N3P. The smallest absolute Gasteiger partial charge is 0.160 e. The summed E-state index contributed by atoms with van der Waals surface area (Å²) in [6.45, 7) is 5.02. The minimum Gasteiger partial charge on any atom is -0.313 e. The number of hydrogen-bond acceptors (Lipinski definition) is 2. The Hall–Kier alpha value is -0.950. The highest BCUT2D eigenvalue weighted by atomic mass is 31.0. The van der Waals surface area contributed by atoms with Gasteiger partial charge in [0.2, 0.25) is 0 Å². The quantitative estimate of drug-likeness (QED) is 0.704. The van der Waals surface area contributed by atoms with Crippen LogP contribution in [-0.2, 0) is 6.54 Å². The molecular weight excluding hydrogens is 193 g/mol. The zero-order chi connectivity index (χ0) is 10.1. The number of fused-ring (bicyclic) bond motifs is 1. The van der Waals surface area contributed by atoms with Gasteiger partial charge in [-0.25, -0.2) is 9.97 Å². The summed E-state index contributed by atoms with van der Waals surface area (Å²) in [4.78, 5) is 8.90. The van der Waals surface area contributed by atoms with E-state index in [1.807, 2.05) is 20.0 Å². The van der Waals surface area contributed by atoms with Crippen LogP contribution in [-0.4, -0.2) is 20.7 Å². The van der Waals surface area contributed by atoms with Gasteiger partial charge in [0.25, 0.3) is 0 Å². The predicted molar refractivity (Wildman–Crippen MR) is 61.6 cm³/mol. The summed E-state index contributed by atoms with van der Waals surface area (Å²) in [7, 11) is 2.73. The molecule has 0 saturated carbocycles. The number of hydrogen-bond donors (Lipinski definition) is 0. The lowest BCUT2D eigenvalue weighted by Gasteiger charge is -2.02. The molecule has 3 nitrogen and oxygen atoms in total. The third-order valence-electron chi connectivity index (χ3n) is 2.27. The van der Waals surface area contributed by atoms with Gasteiger partial charge in [0, 0.05) is 12.7 Å². The number of aromatic nitrogens is 3. The lowest BCUT2D eigenvalue weighted by atomic mass is 10.3. The fourth-order valence-corrected chi connectivity index (χ4v) is 1.88. The lowest BCUT2D eigenvalue weighted by Crippen LogP contribution is -2.02. The molecule has 1 unspecified atom stereocenters. The van der Waals surface area contributed by atoms with Gasteiger partial charge in [0.1, 0.15) is 11.3 Å². The van der Waals surface area contributed by atoms with E-state index in [4.69, 9.17) is 0 Å². The SMILES string of the molecule is Cc1cnc2c(c1)nc(C)n2CCP. The summed E-state index contributed by atoms with van der Waals surface area (Å²) in [6.07, 6.45) is 2.92. The van der Waals surface area contributed by atoms with Gasteiger partial charge in [-0.15, -0.1) is 9.24 Å². The zero-order valence-electron chi connectivity index (χ0n) is 8.49. The van der Waals surface area contributed by atoms with Crippen molar-refractivity contribution in [1.29, 1.82) is 0 Å². The molecule has 0 spiro atoms. The minimum absolute atomic E-state index is 0.961. The second kappa shape index (κ2) is 3.66. The Morgan fingerprint density at radius 1 is 1.43 bits per heavy atom. The van der Waals surface area contributed by atoms with Crippen LogP contribution in [0.3, 0.4) is 0 Å². The van der Waals surface area contributed by atoms with E-state index in [9.17, 15) is 0 Å². The van der Waals surface area contributed by atoms with Gasteiger partial charge in [-0.05, 0) is 31.6 Å². The molecule has 0 radical (unpaired) electrons. The van der Waals surface area contributed by atoms with Crippen LogP contribution in [0.25, 0.3) is 11.2 Å². The van der Waals surface area contributed by atoms with Gasteiger partial charge in [-0.3, -0.25) is 0 Å². The third kappa shape index (κ3) is 1.53. The van der Waals surface area contributed by atoms with Crippen LogP contribution in [0.4, 0.5) is 0 Å². The van der Waals surface area contributed by atoms with E-state index in [0.29, 0.717) is 0 Å². The number of pyridine rings is 1. The second-order valence-corrected chi connectivity index (χ2v) is 4.03. The van der Waals surface area contributed by atoms with Crippen LogP contribution in [0, 0.1) is 13.8 Å². The highest BCUT2D eigenvalue weighted by molar-refractivity contribution is 7.16. The predicted octanol–water partition coefficient (Wildman–Crippen LogP) is 1.92. The van der Waals surface area contributed by atoms with Crippen molar-refractivity contribution in [2.45, 2.75) is 20.4 Å². The van der Waals surface area contributed by atoms with Gasteiger partial charge >= 0.3 is 0 Å². The zero-order valence-corrected chi connectivity index (χ0v) is 9.64. The van der Waals surface area contributed by atoms with Crippen LogP contribution in [0.2, 0.25) is 0 Å². The Morgan fingerprint density at radius 3 is 2.93 bits per heavy atom. The van der Waals surface area contributed by atoms with Crippen molar-refractivity contribution < 1.29 is 0 Å². The van der Waals surface area contributed by atoms with E-state index in [2.05, 4.69) is 29.8 Å². The van der Waals surface area contributed by atoms with Crippen molar-refractivity contribution in [2.24, 2.45) is 0 Å². The van der Waals surface area contributed by atoms with Gasteiger partial charge in [-0.1, -0.05) is 0 Å². The van der Waals surface area contributed by atoms with E-state index in [0.717, 1.165) is 35.3 Å². The number of imidazole rings is 1. The van der Waals surface area contributed by atoms with Gasteiger partial charge in [0.05, 0.1) is 0 Å². The summed E-state index contributed by atoms with van der Waals surface area (Å²) in [6, 6.07) is 2.08. The summed E-state index contributed by atoms with van der Waals surface area (Å²) in [5.41, 5.74) is 3.16. The molecule has 0 aliphatic heterocycles. The first-order valence-electron chi connectivity index (χ1n) is 4.72. The maximum absolute atomic E-state index is 4.48. The molecule has 0 fully saturated rings. The fourth-order valence-electron chi connectivity index (χ4n) is 1.62. The van der Waals surface area contributed by atoms with Crippen LogP contribution in [0.15, 0.2) is 12.3 Å². The Kier molecular flexibility index (Phi) is 2.51. The van der Waals surface area contributed by atoms with E-state index >= 15 is 0 Å². The van der Waals surface area contributed by atoms with E-state index in [1.165, 1.54) is 0 Å². The first kappa shape index (κ1) is 9.60. The Labute approximate surface area is 85.8 Å². The molecule has 2 aromatic heterocycles. The molecule has 0 aliphatic carbocycles. The second-order valence-electron chi connectivity index (χ2n) is 3.45. The third-order valence-corrected chi connectivity index (χ3v) is 2.52. The molecule has 2 rings (SSSR count). The Morgan fingerprint density at radius 2 is 2.21 bits per heavy atom. The molecule has 2 heterocycles. The monoisotopic (exact) mass is 207 g/mol. The fraction of sp³-hybridized carbons (Fsp3) is 0.400.